The summed E-state index contributed by atoms with van der Waals surface area (Å²) >= 11 is 7.18. The van der Waals surface area contributed by atoms with Crippen LogP contribution in [-0.2, 0) is 0 Å². The van der Waals surface area contributed by atoms with Crippen LogP contribution in [0.15, 0.2) is 20.8 Å². The predicted molar refractivity (Wildman–Crippen MR) is 85.6 cm³/mol. The van der Waals surface area contributed by atoms with Gasteiger partial charge in [-0.25, -0.2) is 9.97 Å². The van der Waals surface area contributed by atoms with Crippen LogP contribution in [0.2, 0.25) is 0 Å². The highest BCUT2D eigenvalue weighted by molar-refractivity contribution is 8.01. The maximum atomic E-state index is 4.65. The van der Waals surface area contributed by atoms with Crippen molar-refractivity contribution in [1.29, 1.82) is 0 Å². The highest BCUT2D eigenvalue weighted by Gasteiger charge is 2.09. The van der Waals surface area contributed by atoms with Gasteiger partial charge in [0.15, 0.2) is 8.68 Å². The van der Waals surface area contributed by atoms with E-state index in [0.29, 0.717) is 0 Å². The normalized spacial score (nSPS) is 11.7. The van der Waals surface area contributed by atoms with Crippen LogP contribution in [0.4, 0.5) is 0 Å². The molecular weight excluding hydrogens is 300 g/mol. The monoisotopic (exact) mass is 312 g/mol. The molecule has 0 N–H and O–H groups in total. The van der Waals surface area contributed by atoms with E-state index >= 15 is 0 Å². The zero-order valence-corrected chi connectivity index (χ0v) is 13.4. The lowest BCUT2D eigenvalue weighted by atomic mass is 10.3. The van der Waals surface area contributed by atoms with Crippen molar-refractivity contribution in [1.82, 2.24) is 9.97 Å². The summed E-state index contributed by atoms with van der Waals surface area (Å²) in [5.74, 6) is 2.15. The van der Waals surface area contributed by atoms with Gasteiger partial charge in [0, 0.05) is 0 Å². The molecule has 18 heavy (non-hydrogen) atoms. The van der Waals surface area contributed by atoms with E-state index < -0.39 is 0 Å². The second kappa shape index (κ2) is 5.36. The predicted octanol–water partition coefficient (Wildman–Crippen LogP) is 5.13. The van der Waals surface area contributed by atoms with Gasteiger partial charge < -0.3 is 0 Å². The number of thioether (sulfide) groups is 2. The molecule has 3 aromatic rings. The lowest BCUT2D eigenvalue weighted by Crippen LogP contribution is -1.72. The van der Waals surface area contributed by atoms with Gasteiger partial charge in [-0.15, -0.1) is 22.7 Å². The molecule has 94 valence electrons. The number of thiazole rings is 2. The van der Waals surface area contributed by atoms with Crippen LogP contribution in [0.25, 0.3) is 20.4 Å². The molecule has 0 saturated heterocycles. The Morgan fingerprint density at radius 2 is 1.39 bits per heavy atom. The Morgan fingerprint density at radius 1 is 0.889 bits per heavy atom. The smallest absolute Gasteiger partial charge is 0.151 e. The molecule has 2 heterocycles. The minimum absolute atomic E-state index is 1.07. The molecular formula is C12H12N2S4. The lowest BCUT2D eigenvalue weighted by molar-refractivity contribution is 1.28. The van der Waals surface area contributed by atoms with Gasteiger partial charge in [0.1, 0.15) is 0 Å². The molecule has 0 bridgehead atoms. The maximum absolute atomic E-state index is 4.65. The van der Waals surface area contributed by atoms with Crippen molar-refractivity contribution in [3.8, 4) is 0 Å². The molecule has 0 unspecified atom stereocenters. The van der Waals surface area contributed by atoms with Crippen molar-refractivity contribution in [3.63, 3.8) is 0 Å². The third-order valence-electron chi connectivity index (χ3n) is 2.39. The fourth-order valence-electron chi connectivity index (χ4n) is 1.68. The summed E-state index contributed by atoms with van der Waals surface area (Å²) < 4.78 is 4.87. The van der Waals surface area contributed by atoms with Gasteiger partial charge in [-0.2, -0.15) is 0 Å². The Bertz CT molecular complexity index is 579. The van der Waals surface area contributed by atoms with Crippen LogP contribution >= 0.6 is 46.2 Å². The third kappa shape index (κ3) is 2.39. The SMILES string of the molecule is CCSc1nc2cc3nc(SCC)sc3cc2s1. The van der Waals surface area contributed by atoms with E-state index in [-0.39, 0.29) is 0 Å². The molecule has 2 aromatic heterocycles. The van der Waals surface area contributed by atoms with Gasteiger partial charge in [-0.1, -0.05) is 37.4 Å². The Hall–Kier alpha value is -0.300. The molecule has 0 aliphatic carbocycles. The van der Waals surface area contributed by atoms with Gasteiger partial charge in [0.2, 0.25) is 0 Å². The van der Waals surface area contributed by atoms with Gasteiger partial charge >= 0.3 is 0 Å². The Morgan fingerprint density at radius 3 is 1.83 bits per heavy atom. The molecule has 0 fully saturated rings. The second-order valence-electron chi connectivity index (χ2n) is 3.61. The fourth-order valence-corrected chi connectivity index (χ4v) is 5.73. The molecule has 0 atom stereocenters. The quantitative estimate of drug-likeness (QED) is 0.624. The van der Waals surface area contributed by atoms with Crippen LogP contribution in [-0.4, -0.2) is 21.5 Å². The Labute approximate surface area is 122 Å². The molecule has 0 amide bonds. The zero-order valence-electron chi connectivity index (χ0n) is 10.1. The van der Waals surface area contributed by atoms with Crippen LogP contribution in [0, 0.1) is 0 Å². The summed E-state index contributed by atoms with van der Waals surface area (Å²) in [5, 5.41) is 0. The topological polar surface area (TPSA) is 25.8 Å². The summed E-state index contributed by atoms with van der Waals surface area (Å²) in [7, 11) is 0. The van der Waals surface area contributed by atoms with Crippen LogP contribution in [0.5, 0.6) is 0 Å². The van der Waals surface area contributed by atoms with Crippen molar-refractivity contribution in [2.75, 3.05) is 11.5 Å². The number of benzene rings is 1. The number of nitrogens with zero attached hydrogens (tertiary/aromatic N) is 2. The summed E-state index contributed by atoms with van der Waals surface area (Å²) in [6, 6.07) is 4.36. The second-order valence-corrected chi connectivity index (χ2v) is 8.70. The minimum atomic E-state index is 1.07. The molecule has 6 heteroatoms. The maximum Gasteiger partial charge on any atom is 0.151 e. The number of fused-ring (bicyclic) bond motifs is 2. The Balaban J connectivity index is 2.09. The van der Waals surface area contributed by atoms with E-state index in [1.54, 1.807) is 22.7 Å². The first kappa shape index (κ1) is 12.7. The van der Waals surface area contributed by atoms with Crippen molar-refractivity contribution in [3.05, 3.63) is 12.1 Å². The van der Waals surface area contributed by atoms with E-state index in [9.17, 15) is 0 Å². The molecule has 3 rings (SSSR count). The van der Waals surface area contributed by atoms with E-state index in [4.69, 9.17) is 0 Å². The van der Waals surface area contributed by atoms with E-state index in [0.717, 1.165) is 31.2 Å². The van der Waals surface area contributed by atoms with Crippen LogP contribution in [0.1, 0.15) is 13.8 Å². The van der Waals surface area contributed by atoms with Gasteiger partial charge in [0.05, 0.1) is 20.4 Å². The Kier molecular flexibility index (Phi) is 3.79. The standard InChI is InChI=1S/C12H12N2S4/c1-3-15-11-13-7-5-8-10(6-9(7)17-11)18-12(14-8)16-4-2/h5-6H,3-4H2,1-2H3. The van der Waals surface area contributed by atoms with E-state index in [2.05, 4.69) is 35.9 Å². The molecule has 0 radical (unpaired) electrons. The van der Waals surface area contributed by atoms with Crippen LogP contribution in [0.3, 0.4) is 0 Å². The van der Waals surface area contributed by atoms with Gasteiger partial charge in [0.25, 0.3) is 0 Å². The summed E-state index contributed by atoms with van der Waals surface area (Å²) in [5.41, 5.74) is 2.17. The molecule has 0 spiro atoms. The number of aromatic nitrogens is 2. The summed E-state index contributed by atoms with van der Waals surface area (Å²) in [6.45, 7) is 4.32. The average Bonchev–Trinajstić information content (AvgIpc) is 2.88. The summed E-state index contributed by atoms with van der Waals surface area (Å²) in [6.07, 6.45) is 0. The van der Waals surface area contributed by atoms with E-state index in [1.807, 2.05) is 23.5 Å². The highest BCUT2D eigenvalue weighted by atomic mass is 32.2. The zero-order chi connectivity index (χ0) is 12.5. The molecule has 2 nitrogen and oxygen atoms in total. The molecule has 0 saturated carbocycles. The van der Waals surface area contributed by atoms with E-state index in [1.165, 1.54) is 9.40 Å². The first-order valence-corrected chi connectivity index (χ1v) is 9.37. The van der Waals surface area contributed by atoms with Crippen molar-refractivity contribution >= 4 is 66.6 Å². The lowest BCUT2D eigenvalue weighted by Gasteiger charge is -1.87. The van der Waals surface area contributed by atoms with Gasteiger partial charge in [-0.05, 0) is 23.6 Å². The number of rotatable bonds is 4. The number of hydrogen-bond donors (Lipinski definition) is 0. The first-order chi connectivity index (χ1) is 8.80. The third-order valence-corrected chi connectivity index (χ3v) is 6.48. The first-order valence-electron chi connectivity index (χ1n) is 5.77. The minimum Gasteiger partial charge on any atom is -0.230 e. The fraction of sp³-hybridized carbons (Fsp3) is 0.333. The molecule has 1 aromatic carbocycles. The summed E-state index contributed by atoms with van der Waals surface area (Å²) in [4.78, 5) is 9.29. The van der Waals surface area contributed by atoms with Crippen LogP contribution < -0.4 is 0 Å². The molecule has 0 aliphatic heterocycles. The van der Waals surface area contributed by atoms with Crippen molar-refractivity contribution < 1.29 is 0 Å². The largest absolute Gasteiger partial charge is 0.230 e. The van der Waals surface area contributed by atoms with Crippen molar-refractivity contribution in [2.45, 2.75) is 22.5 Å². The van der Waals surface area contributed by atoms with Gasteiger partial charge in [-0.3, -0.25) is 0 Å². The molecule has 0 aliphatic rings. The average molecular weight is 313 g/mol. The highest BCUT2D eigenvalue weighted by Crippen LogP contribution is 2.36. The van der Waals surface area contributed by atoms with Crippen molar-refractivity contribution in [2.24, 2.45) is 0 Å². The number of hydrogen-bond acceptors (Lipinski definition) is 6.